The molecular formula is C15H20ClNO2. The Balaban J connectivity index is 1.84. The molecule has 1 aromatic rings. The van der Waals surface area contributed by atoms with E-state index in [1.54, 1.807) is 0 Å². The summed E-state index contributed by atoms with van der Waals surface area (Å²) in [6, 6.07) is 5.88. The Bertz CT molecular complexity index is 464. The molecule has 0 aromatic heterocycles. The average Bonchev–Trinajstić information content (AvgIpc) is 2.35. The molecule has 1 fully saturated rings. The zero-order chi connectivity index (χ0) is 13.9. The Morgan fingerprint density at radius 3 is 2.74 bits per heavy atom. The first kappa shape index (κ1) is 14.4. The molecule has 19 heavy (non-hydrogen) atoms. The highest BCUT2D eigenvalue weighted by molar-refractivity contribution is 6.31. The maximum atomic E-state index is 11.9. The first-order valence-corrected chi connectivity index (χ1v) is 7.09. The number of benzene rings is 1. The molecule has 1 aliphatic carbocycles. The van der Waals surface area contributed by atoms with Crippen LogP contribution in [0.15, 0.2) is 18.2 Å². The molecule has 1 saturated carbocycles. The van der Waals surface area contributed by atoms with Crippen molar-refractivity contribution in [3.05, 3.63) is 34.3 Å². The summed E-state index contributed by atoms with van der Waals surface area (Å²) in [5.41, 5.74) is 1.77. The molecule has 0 aliphatic heterocycles. The smallest absolute Gasteiger partial charge is 0.220 e. The van der Waals surface area contributed by atoms with E-state index in [0.717, 1.165) is 35.4 Å². The second kappa shape index (κ2) is 5.93. The van der Waals surface area contributed by atoms with Crippen LogP contribution >= 0.6 is 11.6 Å². The van der Waals surface area contributed by atoms with Crippen LogP contribution in [0.4, 0.5) is 0 Å². The van der Waals surface area contributed by atoms with E-state index in [9.17, 15) is 9.90 Å². The molecule has 104 valence electrons. The van der Waals surface area contributed by atoms with Gasteiger partial charge in [-0.3, -0.25) is 4.79 Å². The maximum absolute atomic E-state index is 11.9. The molecule has 0 atom stereocenters. The number of nitrogens with one attached hydrogen (secondary N) is 1. The first-order chi connectivity index (χ1) is 9.04. The van der Waals surface area contributed by atoms with Gasteiger partial charge in [0.15, 0.2) is 0 Å². The molecule has 0 spiro atoms. The van der Waals surface area contributed by atoms with Crippen LogP contribution in [0.25, 0.3) is 0 Å². The lowest BCUT2D eigenvalue weighted by molar-refractivity contribution is -0.125. The second-order valence-corrected chi connectivity index (χ2v) is 5.83. The molecular weight excluding hydrogens is 262 g/mol. The molecule has 1 aliphatic rings. The number of halogens is 1. The molecule has 1 aromatic carbocycles. The molecule has 0 bridgehead atoms. The lowest BCUT2D eigenvalue weighted by Gasteiger charge is -2.41. The quantitative estimate of drug-likeness (QED) is 0.872. The Morgan fingerprint density at radius 2 is 2.21 bits per heavy atom. The highest BCUT2D eigenvalue weighted by atomic mass is 35.5. The summed E-state index contributed by atoms with van der Waals surface area (Å²) in [7, 11) is 0. The fourth-order valence-electron chi connectivity index (χ4n) is 2.33. The molecule has 4 heteroatoms. The normalized spacial score (nSPS) is 16.8. The van der Waals surface area contributed by atoms with E-state index in [-0.39, 0.29) is 18.1 Å². The van der Waals surface area contributed by atoms with Gasteiger partial charge < -0.3 is 10.4 Å². The molecule has 2 rings (SSSR count). The number of amides is 1. The van der Waals surface area contributed by atoms with Crippen molar-refractivity contribution >= 4 is 17.5 Å². The number of aryl methyl sites for hydroxylation is 2. The summed E-state index contributed by atoms with van der Waals surface area (Å²) in [4.78, 5) is 11.9. The van der Waals surface area contributed by atoms with E-state index in [1.807, 2.05) is 25.1 Å². The van der Waals surface area contributed by atoms with Crippen molar-refractivity contribution in [2.45, 2.75) is 44.6 Å². The lowest BCUT2D eigenvalue weighted by Crippen LogP contribution is -2.56. The van der Waals surface area contributed by atoms with Gasteiger partial charge in [-0.05, 0) is 49.8 Å². The molecule has 0 unspecified atom stereocenters. The van der Waals surface area contributed by atoms with Crippen LogP contribution in [0.2, 0.25) is 5.02 Å². The van der Waals surface area contributed by atoms with E-state index in [4.69, 9.17) is 11.6 Å². The monoisotopic (exact) mass is 281 g/mol. The van der Waals surface area contributed by atoms with Gasteiger partial charge in [0.05, 0.1) is 12.1 Å². The minimum atomic E-state index is -0.345. The molecule has 1 amide bonds. The van der Waals surface area contributed by atoms with E-state index in [1.165, 1.54) is 0 Å². The first-order valence-electron chi connectivity index (χ1n) is 6.72. The number of hydrogen-bond donors (Lipinski definition) is 2. The Morgan fingerprint density at radius 1 is 1.47 bits per heavy atom. The van der Waals surface area contributed by atoms with Gasteiger partial charge in [-0.2, -0.15) is 0 Å². The van der Waals surface area contributed by atoms with Crippen LogP contribution in [-0.2, 0) is 11.2 Å². The number of carbonyl (C=O) groups excluding carboxylic acids is 1. The molecule has 3 nitrogen and oxygen atoms in total. The predicted octanol–water partition coefficient (Wildman–Crippen LogP) is 2.61. The van der Waals surface area contributed by atoms with Gasteiger partial charge in [-0.15, -0.1) is 0 Å². The van der Waals surface area contributed by atoms with Crippen molar-refractivity contribution in [2.75, 3.05) is 6.61 Å². The van der Waals surface area contributed by atoms with Gasteiger partial charge in [0.2, 0.25) is 5.91 Å². The van der Waals surface area contributed by atoms with Crippen LogP contribution in [0.1, 0.15) is 36.8 Å². The van der Waals surface area contributed by atoms with Crippen molar-refractivity contribution in [3.8, 4) is 0 Å². The fraction of sp³-hybridized carbons (Fsp3) is 0.533. The summed E-state index contributed by atoms with van der Waals surface area (Å²) in [6.45, 7) is 2.00. The van der Waals surface area contributed by atoms with Gasteiger partial charge in [0.25, 0.3) is 0 Å². The second-order valence-electron chi connectivity index (χ2n) is 5.42. The maximum Gasteiger partial charge on any atom is 0.220 e. The highest BCUT2D eigenvalue weighted by Gasteiger charge is 2.37. The topological polar surface area (TPSA) is 49.3 Å². The molecule has 2 N–H and O–H groups in total. The van der Waals surface area contributed by atoms with E-state index in [0.29, 0.717) is 12.8 Å². The number of carbonyl (C=O) groups is 1. The fourth-order valence-corrected chi connectivity index (χ4v) is 2.54. The number of hydrogen-bond acceptors (Lipinski definition) is 2. The summed E-state index contributed by atoms with van der Waals surface area (Å²) in [5.74, 6) is 0.00504. The molecule has 0 saturated heterocycles. The zero-order valence-corrected chi connectivity index (χ0v) is 12.0. The number of aliphatic hydroxyl groups is 1. The van der Waals surface area contributed by atoms with Crippen molar-refractivity contribution in [1.82, 2.24) is 5.32 Å². The van der Waals surface area contributed by atoms with Gasteiger partial charge >= 0.3 is 0 Å². The highest BCUT2D eigenvalue weighted by Crippen LogP contribution is 2.31. The summed E-state index contributed by atoms with van der Waals surface area (Å²) < 4.78 is 0. The third-order valence-electron chi connectivity index (χ3n) is 3.89. The number of rotatable bonds is 5. The van der Waals surface area contributed by atoms with Gasteiger partial charge in [-0.25, -0.2) is 0 Å². The van der Waals surface area contributed by atoms with Crippen molar-refractivity contribution in [3.63, 3.8) is 0 Å². The largest absolute Gasteiger partial charge is 0.394 e. The van der Waals surface area contributed by atoms with Crippen molar-refractivity contribution < 1.29 is 9.90 Å². The third kappa shape index (κ3) is 3.48. The summed E-state index contributed by atoms with van der Waals surface area (Å²) >= 11 is 6.06. The van der Waals surface area contributed by atoms with Crippen LogP contribution in [0, 0.1) is 6.92 Å². The average molecular weight is 282 g/mol. The van der Waals surface area contributed by atoms with Gasteiger partial charge in [0, 0.05) is 11.4 Å². The SMILES string of the molecule is Cc1ccc(CCC(=O)NC2(CO)CCC2)cc1Cl. The third-order valence-corrected chi connectivity index (χ3v) is 4.30. The summed E-state index contributed by atoms with van der Waals surface area (Å²) in [5, 5.41) is 13.0. The Kier molecular flexibility index (Phi) is 4.48. The van der Waals surface area contributed by atoms with Crippen LogP contribution < -0.4 is 5.32 Å². The van der Waals surface area contributed by atoms with E-state index >= 15 is 0 Å². The standard InChI is InChI=1S/C15H20ClNO2/c1-11-3-4-12(9-13(11)16)5-6-14(19)17-15(10-18)7-2-8-15/h3-4,9,18H,2,5-8,10H2,1H3,(H,17,19). The van der Waals surface area contributed by atoms with Crippen molar-refractivity contribution in [1.29, 1.82) is 0 Å². The van der Waals surface area contributed by atoms with Gasteiger partial charge in [-0.1, -0.05) is 23.7 Å². The van der Waals surface area contributed by atoms with Crippen molar-refractivity contribution in [2.24, 2.45) is 0 Å². The number of aliphatic hydroxyl groups excluding tert-OH is 1. The van der Waals surface area contributed by atoms with Crippen LogP contribution in [0.5, 0.6) is 0 Å². The van der Waals surface area contributed by atoms with E-state index < -0.39 is 0 Å². The summed E-state index contributed by atoms with van der Waals surface area (Å²) in [6.07, 6.45) is 3.94. The Hall–Kier alpha value is -1.06. The molecule has 0 heterocycles. The van der Waals surface area contributed by atoms with E-state index in [2.05, 4.69) is 5.32 Å². The minimum Gasteiger partial charge on any atom is -0.394 e. The van der Waals surface area contributed by atoms with Crippen LogP contribution in [-0.4, -0.2) is 23.2 Å². The zero-order valence-electron chi connectivity index (χ0n) is 11.2. The lowest BCUT2D eigenvalue weighted by atomic mass is 9.77. The molecule has 0 radical (unpaired) electrons. The minimum absolute atomic E-state index is 0.00504. The van der Waals surface area contributed by atoms with Gasteiger partial charge in [0.1, 0.15) is 0 Å². The Labute approximate surface area is 119 Å². The van der Waals surface area contributed by atoms with Crippen LogP contribution in [0.3, 0.4) is 0 Å². The predicted molar refractivity (Wildman–Crippen MR) is 76.3 cm³/mol.